The van der Waals surface area contributed by atoms with Crippen LogP contribution in [0.2, 0.25) is 0 Å². The van der Waals surface area contributed by atoms with Crippen LogP contribution in [0.15, 0.2) is 34.8 Å². The van der Waals surface area contributed by atoms with Crippen molar-refractivity contribution in [3.8, 4) is 0 Å². The molecule has 0 aliphatic carbocycles. The summed E-state index contributed by atoms with van der Waals surface area (Å²) in [4.78, 5) is 20.9. The van der Waals surface area contributed by atoms with E-state index in [1.165, 1.54) is 45.2 Å². The van der Waals surface area contributed by atoms with Crippen LogP contribution in [0.3, 0.4) is 0 Å². The number of carbonyl (C=O) groups is 1. The van der Waals surface area contributed by atoms with Gasteiger partial charge in [0.05, 0.1) is 11.3 Å². The molecule has 0 saturated heterocycles. The van der Waals surface area contributed by atoms with Gasteiger partial charge >= 0.3 is 0 Å². The second-order valence-electron chi connectivity index (χ2n) is 5.63. The number of anilines is 1. The zero-order valence-corrected chi connectivity index (χ0v) is 15.6. The molecule has 0 spiro atoms. The highest BCUT2D eigenvalue weighted by Crippen LogP contribution is 2.28. The first-order valence-corrected chi connectivity index (χ1v) is 9.66. The Morgan fingerprint density at radius 2 is 2.12 bits per heavy atom. The summed E-state index contributed by atoms with van der Waals surface area (Å²) < 4.78 is 0. The molecule has 24 heavy (non-hydrogen) atoms. The number of thioether (sulfide) groups is 1. The summed E-state index contributed by atoms with van der Waals surface area (Å²) in [5.41, 5.74) is 4.62. The summed E-state index contributed by atoms with van der Waals surface area (Å²) in [7, 11) is 0. The molecule has 1 N–H and O–H groups in total. The molecule has 3 rings (SSSR count). The summed E-state index contributed by atoms with van der Waals surface area (Å²) in [5.74, 6) is 0.273. The number of thiazole rings is 1. The average molecular weight is 358 g/mol. The van der Waals surface area contributed by atoms with Gasteiger partial charge in [-0.3, -0.25) is 4.79 Å². The molecule has 2 heterocycles. The first kappa shape index (κ1) is 16.9. The predicted molar refractivity (Wildman–Crippen MR) is 102 cm³/mol. The topological polar surface area (TPSA) is 54.9 Å². The standard InChI is InChI=1S/C18H19N3OS2/c1-4-13-9-14-12(3)7-11(2)8-15(14)20-17(13)24-10-16(22)21-18-19-5-6-23-18/h5-9H,4,10H2,1-3H3,(H,19,21,22). The molecule has 0 bridgehead atoms. The molecule has 1 aromatic carbocycles. The van der Waals surface area contributed by atoms with Gasteiger partial charge in [0.2, 0.25) is 5.91 Å². The molecule has 6 heteroatoms. The van der Waals surface area contributed by atoms with Crippen LogP contribution in [0, 0.1) is 13.8 Å². The number of amides is 1. The summed E-state index contributed by atoms with van der Waals surface area (Å²) in [6.45, 7) is 6.31. The van der Waals surface area contributed by atoms with E-state index >= 15 is 0 Å². The van der Waals surface area contributed by atoms with E-state index in [0.29, 0.717) is 10.9 Å². The number of rotatable bonds is 5. The van der Waals surface area contributed by atoms with Gasteiger partial charge in [-0.2, -0.15) is 0 Å². The third-order valence-electron chi connectivity index (χ3n) is 3.72. The van der Waals surface area contributed by atoms with Gasteiger partial charge in [0.25, 0.3) is 0 Å². The Hall–Kier alpha value is -1.92. The molecular formula is C18H19N3OS2. The number of benzene rings is 1. The van der Waals surface area contributed by atoms with E-state index in [9.17, 15) is 4.79 Å². The highest BCUT2D eigenvalue weighted by atomic mass is 32.2. The van der Waals surface area contributed by atoms with Crippen LogP contribution in [0.4, 0.5) is 5.13 Å². The Bertz CT molecular complexity index is 876. The lowest BCUT2D eigenvalue weighted by Crippen LogP contribution is -2.14. The van der Waals surface area contributed by atoms with Gasteiger partial charge in [0.15, 0.2) is 5.13 Å². The van der Waals surface area contributed by atoms with Crippen LogP contribution in [0.5, 0.6) is 0 Å². The maximum absolute atomic E-state index is 12.1. The number of nitrogens with zero attached hydrogens (tertiary/aromatic N) is 2. The minimum atomic E-state index is -0.0562. The Morgan fingerprint density at radius 3 is 2.83 bits per heavy atom. The summed E-state index contributed by atoms with van der Waals surface area (Å²) in [5, 5.41) is 7.40. The van der Waals surface area contributed by atoms with Crippen molar-refractivity contribution in [2.75, 3.05) is 11.1 Å². The zero-order valence-electron chi connectivity index (χ0n) is 13.9. The molecule has 2 aromatic heterocycles. The summed E-state index contributed by atoms with van der Waals surface area (Å²) in [6.07, 6.45) is 2.57. The fourth-order valence-corrected chi connectivity index (χ4v) is 4.04. The van der Waals surface area contributed by atoms with Crippen molar-refractivity contribution in [3.63, 3.8) is 0 Å². The van der Waals surface area contributed by atoms with Crippen LogP contribution >= 0.6 is 23.1 Å². The van der Waals surface area contributed by atoms with Gasteiger partial charge in [0, 0.05) is 17.0 Å². The van der Waals surface area contributed by atoms with E-state index in [1.54, 1.807) is 6.20 Å². The largest absolute Gasteiger partial charge is 0.301 e. The Kier molecular flexibility index (Phi) is 5.16. The number of aromatic nitrogens is 2. The monoisotopic (exact) mass is 357 g/mol. The van der Waals surface area contributed by atoms with E-state index in [0.717, 1.165) is 17.0 Å². The van der Waals surface area contributed by atoms with Crippen LogP contribution in [-0.4, -0.2) is 21.6 Å². The minimum absolute atomic E-state index is 0.0562. The van der Waals surface area contributed by atoms with Crippen LogP contribution in [0.25, 0.3) is 10.9 Å². The van der Waals surface area contributed by atoms with Crippen molar-refractivity contribution in [1.29, 1.82) is 0 Å². The van der Waals surface area contributed by atoms with Gasteiger partial charge in [-0.1, -0.05) is 24.8 Å². The van der Waals surface area contributed by atoms with Crippen molar-refractivity contribution in [1.82, 2.24) is 9.97 Å². The van der Waals surface area contributed by atoms with Gasteiger partial charge in [0.1, 0.15) is 5.03 Å². The molecule has 4 nitrogen and oxygen atoms in total. The first-order valence-electron chi connectivity index (χ1n) is 7.80. The fourth-order valence-electron chi connectivity index (χ4n) is 2.61. The molecule has 1 amide bonds. The molecular weight excluding hydrogens is 338 g/mol. The van der Waals surface area contributed by atoms with Crippen molar-refractivity contribution < 1.29 is 4.79 Å². The number of carbonyl (C=O) groups excluding carboxylic acids is 1. The quantitative estimate of drug-likeness (QED) is 0.678. The van der Waals surface area contributed by atoms with Crippen LogP contribution in [0.1, 0.15) is 23.6 Å². The smallest absolute Gasteiger partial charge is 0.236 e. The lowest BCUT2D eigenvalue weighted by Gasteiger charge is -2.11. The highest BCUT2D eigenvalue weighted by Gasteiger charge is 2.11. The molecule has 0 aliphatic rings. The van der Waals surface area contributed by atoms with E-state index in [2.05, 4.69) is 49.3 Å². The van der Waals surface area contributed by atoms with E-state index < -0.39 is 0 Å². The third-order valence-corrected chi connectivity index (χ3v) is 5.45. The Balaban J connectivity index is 1.81. The van der Waals surface area contributed by atoms with Gasteiger partial charge in [-0.15, -0.1) is 11.3 Å². The molecule has 0 aliphatic heterocycles. The maximum Gasteiger partial charge on any atom is 0.236 e. The van der Waals surface area contributed by atoms with Gasteiger partial charge < -0.3 is 5.32 Å². The lowest BCUT2D eigenvalue weighted by molar-refractivity contribution is -0.113. The van der Waals surface area contributed by atoms with E-state index in [4.69, 9.17) is 4.98 Å². The van der Waals surface area contributed by atoms with Crippen molar-refractivity contribution in [3.05, 3.63) is 46.5 Å². The fraction of sp³-hybridized carbons (Fsp3) is 0.278. The van der Waals surface area contributed by atoms with E-state index in [-0.39, 0.29) is 5.91 Å². The summed E-state index contributed by atoms with van der Waals surface area (Å²) in [6, 6.07) is 6.48. The molecule has 3 aromatic rings. The second kappa shape index (κ2) is 7.32. The van der Waals surface area contributed by atoms with Gasteiger partial charge in [-0.05, 0) is 49.1 Å². The van der Waals surface area contributed by atoms with Crippen LogP contribution in [-0.2, 0) is 11.2 Å². The van der Waals surface area contributed by atoms with Crippen molar-refractivity contribution >= 4 is 45.0 Å². The SMILES string of the molecule is CCc1cc2c(C)cc(C)cc2nc1SCC(=O)Nc1nccs1. The third kappa shape index (κ3) is 3.76. The number of hydrogen-bond donors (Lipinski definition) is 1. The normalized spacial score (nSPS) is 11.0. The molecule has 0 unspecified atom stereocenters. The van der Waals surface area contributed by atoms with Crippen LogP contribution < -0.4 is 5.32 Å². The number of aryl methyl sites for hydroxylation is 3. The second-order valence-corrected chi connectivity index (χ2v) is 7.49. The summed E-state index contributed by atoms with van der Waals surface area (Å²) >= 11 is 2.90. The molecule has 0 atom stereocenters. The average Bonchev–Trinajstić information content (AvgIpc) is 3.05. The first-order chi connectivity index (χ1) is 11.6. The Morgan fingerprint density at radius 1 is 1.29 bits per heavy atom. The Labute approximate surface area is 149 Å². The molecule has 0 fully saturated rings. The minimum Gasteiger partial charge on any atom is -0.301 e. The molecule has 124 valence electrons. The highest BCUT2D eigenvalue weighted by molar-refractivity contribution is 8.00. The van der Waals surface area contributed by atoms with Gasteiger partial charge in [-0.25, -0.2) is 9.97 Å². The molecule has 0 radical (unpaired) electrons. The number of fused-ring (bicyclic) bond motifs is 1. The number of nitrogens with one attached hydrogen (secondary N) is 1. The molecule has 0 saturated carbocycles. The zero-order chi connectivity index (χ0) is 17.1. The lowest BCUT2D eigenvalue weighted by atomic mass is 10.0. The van der Waals surface area contributed by atoms with Crippen molar-refractivity contribution in [2.24, 2.45) is 0 Å². The van der Waals surface area contributed by atoms with E-state index in [1.807, 2.05) is 5.38 Å². The maximum atomic E-state index is 12.1. The number of hydrogen-bond acceptors (Lipinski definition) is 5. The predicted octanol–water partition coefficient (Wildman–Crippen LogP) is 4.60. The number of pyridine rings is 1. The van der Waals surface area contributed by atoms with Crippen molar-refractivity contribution in [2.45, 2.75) is 32.2 Å².